The van der Waals surface area contributed by atoms with Gasteiger partial charge < -0.3 is 15.3 Å². The Morgan fingerprint density at radius 2 is 2.00 bits per heavy atom. The zero-order chi connectivity index (χ0) is 11.8. The van der Waals surface area contributed by atoms with E-state index >= 15 is 0 Å². The fraction of sp³-hybridized carbons (Fsp3) is 0.909. The van der Waals surface area contributed by atoms with Crippen molar-refractivity contribution >= 4 is 5.91 Å². The van der Waals surface area contributed by atoms with Crippen LogP contribution in [0.5, 0.6) is 0 Å². The number of carbonyl (C=O) groups excluding carboxylic acids is 1. The predicted octanol–water partition coefficient (Wildman–Crippen LogP) is 0.461. The van der Waals surface area contributed by atoms with Crippen molar-refractivity contribution in [3.8, 4) is 0 Å². The number of likely N-dealkylation sites (N-methyl/N-ethyl adjacent to an activating group) is 1. The molecule has 0 aromatic rings. The summed E-state index contributed by atoms with van der Waals surface area (Å²) in [4.78, 5) is 13.5. The van der Waals surface area contributed by atoms with Crippen LogP contribution in [0.4, 0.5) is 0 Å². The number of aliphatic hydroxyl groups is 1. The Morgan fingerprint density at radius 3 is 2.40 bits per heavy atom. The summed E-state index contributed by atoms with van der Waals surface area (Å²) in [5.41, 5.74) is 0. The van der Waals surface area contributed by atoms with Crippen molar-refractivity contribution in [2.24, 2.45) is 5.92 Å². The Kier molecular flexibility index (Phi) is 7.34. The molecular weight excluding hydrogens is 192 g/mol. The van der Waals surface area contributed by atoms with E-state index in [1.54, 1.807) is 0 Å². The average Bonchev–Trinajstić information content (AvgIpc) is 2.12. The topological polar surface area (TPSA) is 52.6 Å². The molecular formula is C11H24N2O2. The number of rotatable bonds is 7. The second-order valence-corrected chi connectivity index (χ2v) is 4.51. The van der Waals surface area contributed by atoms with Crippen LogP contribution in [0.15, 0.2) is 0 Å². The summed E-state index contributed by atoms with van der Waals surface area (Å²) < 4.78 is 0. The van der Waals surface area contributed by atoms with Gasteiger partial charge in [0.1, 0.15) is 0 Å². The van der Waals surface area contributed by atoms with Gasteiger partial charge in [0.25, 0.3) is 0 Å². The van der Waals surface area contributed by atoms with Gasteiger partial charge in [-0.3, -0.25) is 4.79 Å². The van der Waals surface area contributed by atoms with E-state index in [-0.39, 0.29) is 18.6 Å². The fourth-order valence-electron chi connectivity index (χ4n) is 1.34. The molecule has 0 bridgehead atoms. The van der Waals surface area contributed by atoms with Crippen LogP contribution in [0.3, 0.4) is 0 Å². The molecule has 0 saturated carbocycles. The van der Waals surface area contributed by atoms with Crippen LogP contribution in [0.25, 0.3) is 0 Å². The number of aliphatic hydroxyl groups excluding tert-OH is 1. The van der Waals surface area contributed by atoms with Gasteiger partial charge in [-0.1, -0.05) is 13.8 Å². The summed E-state index contributed by atoms with van der Waals surface area (Å²) in [6.45, 7) is 5.12. The van der Waals surface area contributed by atoms with Gasteiger partial charge in [-0.25, -0.2) is 0 Å². The quantitative estimate of drug-likeness (QED) is 0.650. The zero-order valence-corrected chi connectivity index (χ0v) is 10.3. The molecule has 0 rings (SSSR count). The van der Waals surface area contributed by atoms with Crippen LogP contribution < -0.4 is 5.32 Å². The number of carbonyl (C=O) groups is 1. The molecule has 0 aliphatic carbocycles. The van der Waals surface area contributed by atoms with Crippen LogP contribution in [0.1, 0.15) is 26.7 Å². The van der Waals surface area contributed by atoms with Crippen molar-refractivity contribution in [2.75, 3.05) is 27.2 Å². The normalized spacial score (nSPS) is 13.3. The van der Waals surface area contributed by atoms with Crippen molar-refractivity contribution < 1.29 is 9.90 Å². The van der Waals surface area contributed by atoms with Crippen molar-refractivity contribution in [3.05, 3.63) is 0 Å². The highest BCUT2D eigenvalue weighted by molar-refractivity contribution is 5.76. The van der Waals surface area contributed by atoms with E-state index in [9.17, 15) is 4.79 Å². The lowest BCUT2D eigenvalue weighted by Gasteiger charge is -2.25. The maximum absolute atomic E-state index is 11.5. The Bertz CT molecular complexity index is 181. The van der Waals surface area contributed by atoms with Gasteiger partial charge in [0.2, 0.25) is 5.91 Å². The maximum Gasteiger partial charge on any atom is 0.220 e. The lowest BCUT2D eigenvalue weighted by Crippen LogP contribution is -2.44. The SMILES string of the molecule is CC(C)C(CN(C)C)NC(=O)CCCO. The van der Waals surface area contributed by atoms with Crippen LogP contribution in [0.2, 0.25) is 0 Å². The molecule has 90 valence electrons. The molecule has 0 saturated heterocycles. The number of nitrogens with zero attached hydrogens (tertiary/aromatic N) is 1. The van der Waals surface area contributed by atoms with Gasteiger partial charge >= 0.3 is 0 Å². The molecule has 0 heterocycles. The highest BCUT2D eigenvalue weighted by Gasteiger charge is 2.16. The first-order valence-corrected chi connectivity index (χ1v) is 5.52. The molecule has 4 nitrogen and oxygen atoms in total. The van der Waals surface area contributed by atoms with Crippen LogP contribution in [0, 0.1) is 5.92 Å². The first-order chi connectivity index (χ1) is 6.97. The molecule has 1 amide bonds. The molecule has 1 atom stereocenters. The molecule has 1 unspecified atom stereocenters. The Labute approximate surface area is 92.7 Å². The largest absolute Gasteiger partial charge is 0.396 e. The van der Waals surface area contributed by atoms with Gasteiger partial charge in [-0.2, -0.15) is 0 Å². The third-order valence-corrected chi connectivity index (χ3v) is 2.27. The fourth-order valence-corrected chi connectivity index (χ4v) is 1.34. The third-order valence-electron chi connectivity index (χ3n) is 2.27. The highest BCUT2D eigenvalue weighted by atomic mass is 16.3. The number of hydrogen-bond donors (Lipinski definition) is 2. The molecule has 0 spiro atoms. The predicted molar refractivity (Wildman–Crippen MR) is 61.6 cm³/mol. The molecule has 4 heteroatoms. The Balaban J connectivity index is 3.99. The molecule has 0 aliphatic heterocycles. The van der Waals surface area contributed by atoms with Crippen molar-refractivity contribution in [1.29, 1.82) is 0 Å². The summed E-state index contributed by atoms with van der Waals surface area (Å²) in [5, 5.41) is 11.6. The van der Waals surface area contributed by atoms with E-state index in [0.717, 1.165) is 6.54 Å². The molecule has 0 fully saturated rings. The standard InChI is InChI=1S/C11H24N2O2/c1-9(2)10(8-13(3)4)12-11(15)6-5-7-14/h9-10,14H,5-8H2,1-4H3,(H,12,15). The lowest BCUT2D eigenvalue weighted by atomic mass is 10.0. The molecule has 0 aromatic heterocycles. The summed E-state index contributed by atoms with van der Waals surface area (Å²) in [7, 11) is 3.99. The average molecular weight is 216 g/mol. The number of hydrogen-bond acceptors (Lipinski definition) is 3. The van der Waals surface area contributed by atoms with Gasteiger partial charge in [0.05, 0.1) is 0 Å². The summed E-state index contributed by atoms with van der Waals surface area (Å²) in [6, 6.07) is 0.186. The van der Waals surface area contributed by atoms with E-state index in [1.807, 2.05) is 14.1 Å². The van der Waals surface area contributed by atoms with E-state index in [2.05, 4.69) is 24.1 Å². The summed E-state index contributed by atoms with van der Waals surface area (Å²) >= 11 is 0. The van der Waals surface area contributed by atoms with Crippen molar-refractivity contribution in [2.45, 2.75) is 32.7 Å². The van der Waals surface area contributed by atoms with Crippen LogP contribution >= 0.6 is 0 Å². The van der Waals surface area contributed by atoms with Crippen molar-refractivity contribution in [3.63, 3.8) is 0 Å². The second kappa shape index (κ2) is 7.65. The van der Waals surface area contributed by atoms with Gasteiger partial charge in [0, 0.05) is 25.6 Å². The summed E-state index contributed by atoms with van der Waals surface area (Å²) in [5.74, 6) is 0.454. The van der Waals surface area contributed by atoms with Crippen molar-refractivity contribution in [1.82, 2.24) is 10.2 Å². The zero-order valence-electron chi connectivity index (χ0n) is 10.3. The van der Waals surface area contributed by atoms with E-state index in [4.69, 9.17) is 5.11 Å². The molecule has 0 aliphatic rings. The van der Waals surface area contributed by atoms with Crippen LogP contribution in [-0.2, 0) is 4.79 Å². The van der Waals surface area contributed by atoms with E-state index in [0.29, 0.717) is 18.8 Å². The first-order valence-electron chi connectivity index (χ1n) is 5.52. The monoisotopic (exact) mass is 216 g/mol. The number of nitrogens with one attached hydrogen (secondary N) is 1. The Hall–Kier alpha value is -0.610. The van der Waals surface area contributed by atoms with Crippen LogP contribution in [-0.4, -0.2) is 49.2 Å². The van der Waals surface area contributed by atoms with Gasteiger partial charge in [-0.05, 0) is 26.4 Å². The molecule has 0 radical (unpaired) electrons. The van der Waals surface area contributed by atoms with E-state index < -0.39 is 0 Å². The van der Waals surface area contributed by atoms with E-state index in [1.165, 1.54) is 0 Å². The minimum Gasteiger partial charge on any atom is -0.396 e. The molecule has 2 N–H and O–H groups in total. The second-order valence-electron chi connectivity index (χ2n) is 4.51. The molecule has 15 heavy (non-hydrogen) atoms. The smallest absolute Gasteiger partial charge is 0.220 e. The third kappa shape index (κ3) is 7.33. The van der Waals surface area contributed by atoms with Gasteiger partial charge in [0.15, 0.2) is 0 Å². The minimum atomic E-state index is 0.0320. The van der Waals surface area contributed by atoms with Gasteiger partial charge in [-0.15, -0.1) is 0 Å². The molecule has 0 aromatic carbocycles. The first kappa shape index (κ1) is 14.4. The lowest BCUT2D eigenvalue weighted by molar-refractivity contribution is -0.122. The summed E-state index contributed by atoms with van der Waals surface area (Å²) in [6.07, 6.45) is 0.950. The minimum absolute atomic E-state index is 0.0320. The highest BCUT2D eigenvalue weighted by Crippen LogP contribution is 2.03. The number of amides is 1. The Morgan fingerprint density at radius 1 is 1.40 bits per heavy atom. The maximum atomic E-state index is 11.5.